The van der Waals surface area contributed by atoms with Gasteiger partial charge in [-0.2, -0.15) is 13.2 Å². The quantitative estimate of drug-likeness (QED) is 0.490. The first-order valence-corrected chi connectivity index (χ1v) is 9.82. The van der Waals surface area contributed by atoms with E-state index in [0.29, 0.717) is 24.6 Å². The van der Waals surface area contributed by atoms with E-state index in [4.69, 9.17) is 0 Å². The summed E-state index contributed by atoms with van der Waals surface area (Å²) in [7, 11) is 0. The fourth-order valence-electron chi connectivity index (χ4n) is 3.44. The Balaban J connectivity index is 1.66. The number of alkyl halides is 3. The first kappa shape index (κ1) is 20.5. The lowest BCUT2D eigenvalue weighted by Gasteiger charge is -2.43. The van der Waals surface area contributed by atoms with Gasteiger partial charge in [0.15, 0.2) is 5.96 Å². The summed E-state index contributed by atoms with van der Waals surface area (Å²) < 4.78 is 39.2. The summed E-state index contributed by atoms with van der Waals surface area (Å²) in [6.07, 6.45) is 0.321. The van der Waals surface area contributed by atoms with Gasteiger partial charge in [0, 0.05) is 24.5 Å². The van der Waals surface area contributed by atoms with Gasteiger partial charge in [0.25, 0.3) is 0 Å². The largest absolute Gasteiger partial charge is 0.416 e. The normalized spacial score (nSPS) is 18.9. The Kier molecular flexibility index (Phi) is 6.15. The highest BCUT2D eigenvalue weighted by Gasteiger charge is 2.40. The van der Waals surface area contributed by atoms with Crippen LogP contribution >= 0.6 is 0 Å². The number of rotatable bonds is 7. The van der Waals surface area contributed by atoms with Crippen LogP contribution in [0.25, 0.3) is 0 Å². The van der Waals surface area contributed by atoms with Crippen LogP contribution in [0.5, 0.6) is 0 Å². The molecule has 0 aromatic heterocycles. The lowest BCUT2D eigenvalue weighted by Crippen LogP contribution is -2.49. The monoisotopic (exact) mass is 396 g/mol. The zero-order valence-corrected chi connectivity index (χ0v) is 16.0. The predicted octanol–water partition coefficient (Wildman–Crippen LogP) is 2.96. The molecule has 0 aliphatic heterocycles. The number of guanidine groups is 1. The van der Waals surface area contributed by atoms with E-state index in [1.54, 1.807) is 6.07 Å². The Hall–Kier alpha value is -2.25. The zero-order chi connectivity index (χ0) is 20.2. The van der Waals surface area contributed by atoms with E-state index in [2.05, 4.69) is 20.9 Å². The molecule has 0 spiro atoms. The Bertz CT molecular complexity index is 724. The second kappa shape index (κ2) is 8.41. The highest BCUT2D eigenvalue weighted by Crippen LogP contribution is 2.44. The number of carbonyl (C=O) groups is 1. The third-order valence-electron chi connectivity index (χ3n) is 5.37. The van der Waals surface area contributed by atoms with Crippen molar-refractivity contribution in [3.05, 3.63) is 35.4 Å². The summed E-state index contributed by atoms with van der Waals surface area (Å²) >= 11 is 0. The van der Waals surface area contributed by atoms with Crippen LogP contribution in [0.4, 0.5) is 13.2 Å². The molecule has 8 heteroatoms. The summed E-state index contributed by atoms with van der Waals surface area (Å²) in [6.45, 7) is 3.06. The van der Waals surface area contributed by atoms with E-state index >= 15 is 0 Å². The van der Waals surface area contributed by atoms with Gasteiger partial charge in [-0.1, -0.05) is 24.6 Å². The molecule has 3 N–H and O–H groups in total. The summed E-state index contributed by atoms with van der Waals surface area (Å²) in [5.41, 5.74) is -0.259. The number of aliphatic imine (C=N–C) groups is 1. The van der Waals surface area contributed by atoms with Gasteiger partial charge in [0.1, 0.15) is 6.54 Å². The molecule has 2 aliphatic rings. The highest BCUT2D eigenvalue weighted by atomic mass is 19.4. The Morgan fingerprint density at radius 2 is 2.00 bits per heavy atom. The molecule has 1 amide bonds. The molecule has 0 unspecified atom stereocenters. The van der Waals surface area contributed by atoms with Gasteiger partial charge in [0.05, 0.1) is 5.56 Å². The van der Waals surface area contributed by atoms with Crippen molar-refractivity contribution in [2.24, 2.45) is 4.99 Å². The van der Waals surface area contributed by atoms with E-state index in [1.807, 2.05) is 6.92 Å². The van der Waals surface area contributed by atoms with Crippen molar-refractivity contribution in [3.8, 4) is 0 Å². The molecule has 2 fully saturated rings. The van der Waals surface area contributed by atoms with Gasteiger partial charge in [-0.15, -0.1) is 0 Å². The van der Waals surface area contributed by atoms with Crippen molar-refractivity contribution in [1.82, 2.24) is 16.0 Å². The maximum atomic E-state index is 13.1. The molecule has 1 aromatic carbocycles. The smallest absolute Gasteiger partial charge is 0.357 e. The molecule has 154 valence electrons. The molecule has 1 aromatic rings. The third-order valence-corrected chi connectivity index (χ3v) is 5.37. The SMILES string of the molecule is CCNC(=NCC(=O)NC1CC1)NCC1(c2cccc(C(F)(F)F)c2)CCC1. The van der Waals surface area contributed by atoms with Crippen LogP contribution in [0.15, 0.2) is 29.3 Å². The summed E-state index contributed by atoms with van der Waals surface area (Å²) in [6, 6.07) is 5.89. The number of nitrogens with one attached hydrogen (secondary N) is 3. The molecule has 2 aliphatic carbocycles. The minimum absolute atomic E-state index is 0.0302. The molecule has 0 saturated heterocycles. The maximum Gasteiger partial charge on any atom is 0.416 e. The molecule has 28 heavy (non-hydrogen) atoms. The van der Waals surface area contributed by atoms with Crippen LogP contribution in [0.2, 0.25) is 0 Å². The minimum atomic E-state index is -4.35. The van der Waals surface area contributed by atoms with Gasteiger partial charge in [-0.3, -0.25) is 4.79 Å². The van der Waals surface area contributed by atoms with Gasteiger partial charge in [-0.05, 0) is 44.2 Å². The lowest BCUT2D eigenvalue weighted by molar-refractivity contribution is -0.137. The van der Waals surface area contributed by atoms with E-state index < -0.39 is 11.7 Å². The predicted molar refractivity (Wildman–Crippen MR) is 102 cm³/mol. The van der Waals surface area contributed by atoms with Crippen molar-refractivity contribution in [2.75, 3.05) is 19.6 Å². The van der Waals surface area contributed by atoms with Gasteiger partial charge >= 0.3 is 6.18 Å². The molecule has 0 heterocycles. The molecule has 0 bridgehead atoms. The Morgan fingerprint density at radius 1 is 1.25 bits per heavy atom. The van der Waals surface area contributed by atoms with Crippen molar-refractivity contribution in [3.63, 3.8) is 0 Å². The molecule has 0 atom stereocenters. The summed E-state index contributed by atoms with van der Waals surface area (Å²) in [4.78, 5) is 16.2. The number of nitrogens with zero attached hydrogens (tertiary/aromatic N) is 1. The molecule has 3 rings (SSSR count). The van der Waals surface area contributed by atoms with Gasteiger partial charge in [0.2, 0.25) is 5.91 Å². The van der Waals surface area contributed by atoms with E-state index in [0.717, 1.165) is 38.2 Å². The van der Waals surface area contributed by atoms with Crippen molar-refractivity contribution in [1.29, 1.82) is 0 Å². The summed E-state index contributed by atoms with van der Waals surface area (Å²) in [5.74, 6) is 0.391. The van der Waals surface area contributed by atoms with Crippen molar-refractivity contribution in [2.45, 2.75) is 56.7 Å². The first-order valence-electron chi connectivity index (χ1n) is 9.82. The Morgan fingerprint density at radius 3 is 2.57 bits per heavy atom. The fourth-order valence-corrected chi connectivity index (χ4v) is 3.44. The van der Waals surface area contributed by atoms with Gasteiger partial charge in [-0.25, -0.2) is 4.99 Å². The zero-order valence-electron chi connectivity index (χ0n) is 16.0. The second-order valence-corrected chi connectivity index (χ2v) is 7.60. The number of hydrogen-bond acceptors (Lipinski definition) is 2. The number of carbonyl (C=O) groups excluding carboxylic acids is 1. The van der Waals surface area contributed by atoms with Crippen LogP contribution in [-0.2, 0) is 16.4 Å². The number of halogens is 3. The van der Waals surface area contributed by atoms with Crippen LogP contribution in [0.1, 0.15) is 50.2 Å². The number of hydrogen-bond donors (Lipinski definition) is 3. The van der Waals surface area contributed by atoms with Crippen LogP contribution < -0.4 is 16.0 Å². The standard InChI is InChI=1S/C20H27F3N4O/c1-2-24-18(25-12-17(28)27-16-7-8-16)26-13-19(9-4-10-19)14-5-3-6-15(11-14)20(21,22)23/h3,5-6,11,16H,2,4,7-10,12-13H2,1H3,(H,27,28)(H2,24,25,26). The van der Waals surface area contributed by atoms with E-state index in [1.165, 1.54) is 12.1 Å². The Labute approximate surface area is 163 Å². The third kappa shape index (κ3) is 5.17. The topological polar surface area (TPSA) is 65.5 Å². The minimum Gasteiger partial charge on any atom is -0.357 e. The number of amides is 1. The highest BCUT2D eigenvalue weighted by molar-refractivity contribution is 5.85. The molecule has 2 saturated carbocycles. The number of benzene rings is 1. The second-order valence-electron chi connectivity index (χ2n) is 7.60. The molecular weight excluding hydrogens is 369 g/mol. The first-order chi connectivity index (χ1) is 13.3. The average Bonchev–Trinajstić information content (AvgIpc) is 3.42. The van der Waals surface area contributed by atoms with Crippen molar-refractivity contribution < 1.29 is 18.0 Å². The fraction of sp³-hybridized carbons (Fsp3) is 0.600. The van der Waals surface area contributed by atoms with E-state index in [9.17, 15) is 18.0 Å². The van der Waals surface area contributed by atoms with Crippen LogP contribution in [-0.4, -0.2) is 37.5 Å². The van der Waals surface area contributed by atoms with Gasteiger partial charge < -0.3 is 16.0 Å². The van der Waals surface area contributed by atoms with E-state index in [-0.39, 0.29) is 23.9 Å². The lowest BCUT2D eigenvalue weighted by atomic mass is 9.64. The van der Waals surface area contributed by atoms with Crippen molar-refractivity contribution >= 4 is 11.9 Å². The molecule has 5 nitrogen and oxygen atoms in total. The van der Waals surface area contributed by atoms with Crippen LogP contribution in [0, 0.1) is 0 Å². The van der Waals surface area contributed by atoms with Crippen LogP contribution in [0.3, 0.4) is 0 Å². The average molecular weight is 396 g/mol. The maximum absolute atomic E-state index is 13.1. The molecule has 0 radical (unpaired) electrons. The molecular formula is C20H27F3N4O. The summed E-state index contributed by atoms with van der Waals surface area (Å²) in [5, 5.41) is 9.20.